The predicted octanol–water partition coefficient (Wildman–Crippen LogP) is 4.76. The predicted molar refractivity (Wildman–Crippen MR) is 121 cm³/mol. The van der Waals surface area contributed by atoms with Gasteiger partial charge in [-0.3, -0.25) is 5.32 Å². The molecular formula is C20H24F3IN4O2. The highest BCUT2D eigenvalue weighted by molar-refractivity contribution is 14.0. The van der Waals surface area contributed by atoms with Gasteiger partial charge >= 0.3 is 12.3 Å². The Morgan fingerprint density at radius 1 is 1.07 bits per heavy atom. The van der Waals surface area contributed by atoms with Crippen LogP contribution in [0.2, 0.25) is 0 Å². The van der Waals surface area contributed by atoms with Crippen LogP contribution < -0.4 is 16.0 Å². The third-order valence-corrected chi connectivity index (χ3v) is 3.86. The molecule has 10 heteroatoms. The SMILES string of the molecule is CCNC(=NCc1cccc(C(F)(F)F)c1)NCc1ccc(NC(=O)OC)cc1.I. The van der Waals surface area contributed by atoms with E-state index in [1.807, 2.05) is 19.1 Å². The first kappa shape index (κ1) is 25.5. The number of anilines is 1. The highest BCUT2D eigenvalue weighted by Crippen LogP contribution is 2.29. The second-order valence-corrected chi connectivity index (χ2v) is 6.06. The summed E-state index contributed by atoms with van der Waals surface area (Å²) in [6.07, 6.45) is -4.93. The summed E-state index contributed by atoms with van der Waals surface area (Å²) in [6.45, 7) is 3.07. The minimum atomic E-state index is -4.38. The number of rotatable bonds is 6. The summed E-state index contributed by atoms with van der Waals surface area (Å²) in [7, 11) is 1.29. The zero-order chi connectivity index (χ0) is 21.3. The smallest absolute Gasteiger partial charge is 0.416 e. The molecule has 0 aliphatic heterocycles. The first-order valence-electron chi connectivity index (χ1n) is 8.94. The molecule has 0 aliphatic carbocycles. The molecule has 0 spiro atoms. The van der Waals surface area contributed by atoms with Crippen molar-refractivity contribution in [3.63, 3.8) is 0 Å². The van der Waals surface area contributed by atoms with Crippen LogP contribution in [0, 0.1) is 0 Å². The third kappa shape index (κ3) is 8.47. The van der Waals surface area contributed by atoms with Crippen molar-refractivity contribution in [1.82, 2.24) is 10.6 Å². The zero-order valence-electron chi connectivity index (χ0n) is 16.5. The van der Waals surface area contributed by atoms with Crippen LogP contribution in [0.4, 0.5) is 23.7 Å². The molecule has 0 aromatic heterocycles. The number of guanidine groups is 1. The number of ether oxygens (including phenoxy) is 1. The quantitative estimate of drug-likeness (QED) is 0.283. The van der Waals surface area contributed by atoms with E-state index in [0.717, 1.165) is 17.7 Å². The molecule has 1 amide bonds. The molecule has 2 aromatic rings. The van der Waals surface area contributed by atoms with Gasteiger partial charge in [-0.1, -0.05) is 24.3 Å². The van der Waals surface area contributed by atoms with Gasteiger partial charge in [0.05, 0.1) is 19.2 Å². The molecule has 0 fully saturated rings. The minimum Gasteiger partial charge on any atom is -0.453 e. The van der Waals surface area contributed by atoms with Crippen LogP contribution >= 0.6 is 24.0 Å². The largest absolute Gasteiger partial charge is 0.453 e. The molecule has 0 heterocycles. The Labute approximate surface area is 190 Å². The fourth-order valence-electron chi connectivity index (χ4n) is 2.42. The van der Waals surface area contributed by atoms with Crippen LogP contribution in [0.3, 0.4) is 0 Å². The highest BCUT2D eigenvalue weighted by atomic mass is 127. The van der Waals surface area contributed by atoms with Gasteiger partial charge in [-0.2, -0.15) is 13.2 Å². The van der Waals surface area contributed by atoms with Crippen molar-refractivity contribution in [2.45, 2.75) is 26.2 Å². The molecule has 0 saturated heterocycles. The molecule has 0 aliphatic rings. The average Bonchev–Trinajstić information content (AvgIpc) is 2.70. The number of methoxy groups -OCH3 is 1. The molecule has 0 atom stereocenters. The lowest BCUT2D eigenvalue weighted by molar-refractivity contribution is -0.137. The van der Waals surface area contributed by atoms with Gasteiger partial charge in [-0.25, -0.2) is 9.79 Å². The van der Waals surface area contributed by atoms with E-state index in [-0.39, 0.29) is 30.5 Å². The van der Waals surface area contributed by atoms with Crippen LogP contribution in [0.15, 0.2) is 53.5 Å². The van der Waals surface area contributed by atoms with Crippen LogP contribution in [-0.4, -0.2) is 25.7 Å². The van der Waals surface area contributed by atoms with Gasteiger partial charge in [0.25, 0.3) is 0 Å². The minimum absolute atomic E-state index is 0. The van der Waals surface area contributed by atoms with Crippen molar-refractivity contribution in [3.05, 3.63) is 65.2 Å². The second-order valence-electron chi connectivity index (χ2n) is 6.06. The summed E-state index contributed by atoms with van der Waals surface area (Å²) in [5.74, 6) is 0.488. The number of amides is 1. The number of halogens is 4. The zero-order valence-corrected chi connectivity index (χ0v) is 18.9. The Balaban J connectivity index is 0.00000450. The van der Waals surface area contributed by atoms with Crippen LogP contribution in [-0.2, 0) is 24.0 Å². The van der Waals surface area contributed by atoms with Crippen molar-refractivity contribution < 1.29 is 22.7 Å². The van der Waals surface area contributed by atoms with E-state index in [0.29, 0.717) is 30.3 Å². The lowest BCUT2D eigenvalue weighted by atomic mass is 10.1. The van der Waals surface area contributed by atoms with E-state index in [9.17, 15) is 18.0 Å². The number of aliphatic imine (C=N–C) groups is 1. The lowest BCUT2D eigenvalue weighted by Crippen LogP contribution is -2.36. The maximum atomic E-state index is 12.8. The molecular weight excluding hydrogens is 512 g/mol. The van der Waals surface area contributed by atoms with E-state index in [1.165, 1.54) is 13.2 Å². The molecule has 164 valence electrons. The van der Waals surface area contributed by atoms with Crippen molar-refractivity contribution in [2.75, 3.05) is 19.0 Å². The standard InChI is InChI=1S/C20H23F3N4O2.HI/c1-3-24-18(26-13-15-5-4-6-16(11-15)20(21,22)23)25-12-14-7-9-17(10-8-14)27-19(28)29-2;/h4-11H,3,12-13H2,1-2H3,(H,27,28)(H2,24,25,26);1H. The summed E-state index contributed by atoms with van der Waals surface area (Å²) in [6, 6.07) is 12.2. The van der Waals surface area contributed by atoms with E-state index >= 15 is 0 Å². The van der Waals surface area contributed by atoms with Gasteiger partial charge in [0.1, 0.15) is 0 Å². The summed E-state index contributed by atoms with van der Waals surface area (Å²) in [4.78, 5) is 15.5. The average molecular weight is 536 g/mol. The molecule has 0 radical (unpaired) electrons. The first-order chi connectivity index (χ1) is 13.8. The number of nitrogens with one attached hydrogen (secondary N) is 3. The molecule has 2 aromatic carbocycles. The third-order valence-electron chi connectivity index (χ3n) is 3.86. The van der Waals surface area contributed by atoms with Crippen molar-refractivity contribution in [1.29, 1.82) is 0 Å². The Kier molecular flexibility index (Phi) is 10.4. The Hall–Kier alpha value is -2.50. The number of nitrogens with zero attached hydrogens (tertiary/aromatic N) is 1. The molecule has 0 bridgehead atoms. The maximum absolute atomic E-state index is 12.8. The van der Waals surface area contributed by atoms with Gasteiger partial charge in [-0.05, 0) is 42.3 Å². The fourth-order valence-corrected chi connectivity index (χ4v) is 2.42. The molecule has 0 saturated carbocycles. The summed E-state index contributed by atoms with van der Waals surface area (Å²) in [5, 5.41) is 8.74. The number of carbonyl (C=O) groups is 1. The van der Waals surface area contributed by atoms with Crippen molar-refractivity contribution >= 4 is 41.7 Å². The molecule has 30 heavy (non-hydrogen) atoms. The van der Waals surface area contributed by atoms with Crippen LogP contribution in [0.1, 0.15) is 23.6 Å². The number of hydrogen-bond acceptors (Lipinski definition) is 3. The normalized spacial score (nSPS) is 11.3. The summed E-state index contributed by atoms with van der Waals surface area (Å²) in [5.41, 5.74) is 1.31. The fraction of sp³-hybridized carbons (Fsp3) is 0.300. The summed E-state index contributed by atoms with van der Waals surface area (Å²) < 4.78 is 43.0. The Morgan fingerprint density at radius 3 is 2.37 bits per heavy atom. The molecule has 0 unspecified atom stereocenters. The van der Waals surface area contributed by atoms with Gasteiger partial charge in [0.15, 0.2) is 5.96 Å². The van der Waals surface area contributed by atoms with Crippen molar-refractivity contribution in [3.8, 4) is 0 Å². The highest BCUT2D eigenvalue weighted by Gasteiger charge is 2.30. The monoisotopic (exact) mass is 536 g/mol. The van der Waals surface area contributed by atoms with E-state index in [1.54, 1.807) is 18.2 Å². The van der Waals surface area contributed by atoms with Gasteiger partial charge < -0.3 is 15.4 Å². The Bertz CT molecular complexity index is 843. The molecule has 3 N–H and O–H groups in total. The van der Waals surface area contributed by atoms with Crippen LogP contribution in [0.25, 0.3) is 0 Å². The Morgan fingerprint density at radius 2 is 1.77 bits per heavy atom. The van der Waals surface area contributed by atoms with Gasteiger partial charge in [-0.15, -0.1) is 24.0 Å². The van der Waals surface area contributed by atoms with E-state index in [2.05, 4.69) is 25.7 Å². The second kappa shape index (κ2) is 12.3. The van der Waals surface area contributed by atoms with E-state index < -0.39 is 17.8 Å². The molecule has 2 rings (SSSR count). The summed E-state index contributed by atoms with van der Waals surface area (Å²) >= 11 is 0. The molecule has 6 nitrogen and oxygen atoms in total. The first-order valence-corrected chi connectivity index (χ1v) is 8.94. The van der Waals surface area contributed by atoms with Gasteiger partial charge in [0, 0.05) is 18.8 Å². The number of alkyl halides is 3. The number of benzene rings is 2. The van der Waals surface area contributed by atoms with Crippen molar-refractivity contribution in [2.24, 2.45) is 4.99 Å². The lowest BCUT2D eigenvalue weighted by Gasteiger charge is -2.12. The maximum Gasteiger partial charge on any atom is 0.416 e. The number of hydrogen-bond donors (Lipinski definition) is 3. The van der Waals surface area contributed by atoms with Crippen LogP contribution in [0.5, 0.6) is 0 Å². The van der Waals surface area contributed by atoms with Gasteiger partial charge in [0.2, 0.25) is 0 Å². The van der Waals surface area contributed by atoms with E-state index in [4.69, 9.17) is 0 Å². The number of carbonyl (C=O) groups excluding carboxylic acids is 1. The topological polar surface area (TPSA) is 74.8 Å².